The van der Waals surface area contributed by atoms with Crippen LogP contribution in [0.15, 0.2) is 16.1 Å². The van der Waals surface area contributed by atoms with Gasteiger partial charge in [0.15, 0.2) is 0 Å². The molecule has 0 aliphatic carbocycles. The number of rotatable bonds is 6. The van der Waals surface area contributed by atoms with Gasteiger partial charge in [-0.2, -0.15) is 0 Å². The van der Waals surface area contributed by atoms with E-state index in [0.29, 0.717) is 0 Å². The molecule has 2 N–H and O–H groups in total. The van der Waals surface area contributed by atoms with Crippen molar-refractivity contribution in [2.24, 2.45) is 0 Å². The predicted octanol–water partition coefficient (Wildman–Crippen LogP) is 3.82. The van der Waals surface area contributed by atoms with Crippen molar-refractivity contribution in [3.63, 3.8) is 0 Å². The van der Waals surface area contributed by atoms with Crippen LogP contribution in [0.25, 0.3) is 0 Å². The van der Waals surface area contributed by atoms with E-state index < -0.39 is 0 Å². The average Bonchev–Trinajstić information content (AvgIpc) is 3.41. The first-order chi connectivity index (χ1) is 14.0. The summed E-state index contributed by atoms with van der Waals surface area (Å²) in [6, 6.07) is -0.105. The Morgan fingerprint density at radius 2 is 2.24 bits per heavy atom. The molecular formula is C21H27N5O2S. The molecule has 154 valence electrons. The first-order valence-corrected chi connectivity index (χ1v) is 10.9. The SMILES string of the molecule is CCC(NC(=O)c1csc2c1CCN(Cc1c(C)noc1C)C2)c1ncc(C)[nH]1. The lowest BCUT2D eigenvalue weighted by atomic mass is 10.0. The van der Waals surface area contributed by atoms with Gasteiger partial charge in [0, 0.05) is 47.3 Å². The molecule has 0 aromatic carbocycles. The quantitative estimate of drug-likeness (QED) is 0.641. The number of aromatic amines is 1. The third-order valence-electron chi connectivity index (χ3n) is 5.60. The van der Waals surface area contributed by atoms with Crippen LogP contribution in [0, 0.1) is 20.8 Å². The molecule has 4 heterocycles. The van der Waals surface area contributed by atoms with E-state index in [1.54, 1.807) is 17.5 Å². The highest BCUT2D eigenvalue weighted by Crippen LogP contribution is 2.30. The van der Waals surface area contributed by atoms with Gasteiger partial charge in [0.2, 0.25) is 0 Å². The fourth-order valence-electron chi connectivity index (χ4n) is 3.87. The number of amides is 1. The molecular weight excluding hydrogens is 386 g/mol. The van der Waals surface area contributed by atoms with Crippen molar-refractivity contribution in [2.75, 3.05) is 6.54 Å². The largest absolute Gasteiger partial charge is 0.361 e. The zero-order valence-corrected chi connectivity index (χ0v) is 18.2. The number of thiophene rings is 1. The van der Waals surface area contributed by atoms with Gasteiger partial charge in [-0.1, -0.05) is 12.1 Å². The van der Waals surface area contributed by atoms with Crippen molar-refractivity contribution in [3.8, 4) is 0 Å². The molecule has 4 rings (SSSR count). The lowest BCUT2D eigenvalue weighted by Crippen LogP contribution is -2.32. The van der Waals surface area contributed by atoms with Gasteiger partial charge in [0.1, 0.15) is 11.6 Å². The Balaban J connectivity index is 1.45. The van der Waals surface area contributed by atoms with E-state index in [0.717, 1.165) is 61.0 Å². The highest BCUT2D eigenvalue weighted by atomic mass is 32.1. The molecule has 0 radical (unpaired) electrons. The maximum absolute atomic E-state index is 13.0. The van der Waals surface area contributed by atoms with E-state index in [9.17, 15) is 4.79 Å². The topological polar surface area (TPSA) is 87.1 Å². The van der Waals surface area contributed by atoms with Gasteiger partial charge in [-0.25, -0.2) is 4.98 Å². The molecule has 1 aliphatic heterocycles. The van der Waals surface area contributed by atoms with Gasteiger partial charge in [-0.15, -0.1) is 11.3 Å². The number of aromatic nitrogens is 3. The Labute approximate surface area is 174 Å². The van der Waals surface area contributed by atoms with Gasteiger partial charge in [0.25, 0.3) is 5.91 Å². The van der Waals surface area contributed by atoms with Crippen LogP contribution in [-0.2, 0) is 19.5 Å². The van der Waals surface area contributed by atoms with E-state index in [1.807, 2.05) is 26.2 Å². The summed E-state index contributed by atoms with van der Waals surface area (Å²) in [6.07, 6.45) is 3.46. The van der Waals surface area contributed by atoms with Crippen molar-refractivity contribution >= 4 is 17.2 Å². The van der Waals surface area contributed by atoms with Crippen molar-refractivity contribution in [1.82, 2.24) is 25.3 Å². The second-order valence-corrected chi connectivity index (χ2v) is 8.66. The third-order valence-corrected chi connectivity index (χ3v) is 6.61. The van der Waals surface area contributed by atoms with Crippen LogP contribution < -0.4 is 5.32 Å². The first-order valence-electron chi connectivity index (χ1n) is 10.0. The average molecular weight is 414 g/mol. The zero-order valence-electron chi connectivity index (χ0n) is 17.3. The monoisotopic (exact) mass is 413 g/mol. The summed E-state index contributed by atoms with van der Waals surface area (Å²) in [7, 11) is 0. The minimum atomic E-state index is -0.105. The van der Waals surface area contributed by atoms with Gasteiger partial charge >= 0.3 is 0 Å². The van der Waals surface area contributed by atoms with Crippen molar-refractivity contribution in [1.29, 1.82) is 0 Å². The number of nitrogens with zero attached hydrogens (tertiary/aromatic N) is 3. The molecule has 0 fully saturated rings. The number of carbonyl (C=O) groups excluding carboxylic acids is 1. The number of hydrogen-bond acceptors (Lipinski definition) is 6. The molecule has 7 nitrogen and oxygen atoms in total. The Morgan fingerprint density at radius 3 is 2.90 bits per heavy atom. The highest BCUT2D eigenvalue weighted by molar-refractivity contribution is 7.10. The maximum Gasteiger partial charge on any atom is 0.253 e. The number of H-pyrrole nitrogens is 1. The molecule has 3 aromatic heterocycles. The van der Waals surface area contributed by atoms with Crippen LogP contribution in [0.4, 0.5) is 0 Å². The standard InChI is InChI=1S/C21H27N5O2S/c1-5-18(20-22-8-12(2)23-20)24-21(27)17-11-29-19-10-26(7-6-15(17)19)9-16-13(3)25-28-14(16)4/h8,11,18H,5-7,9-10H2,1-4H3,(H,22,23)(H,24,27). The predicted molar refractivity (Wildman–Crippen MR) is 112 cm³/mol. The number of imidazole rings is 1. The highest BCUT2D eigenvalue weighted by Gasteiger charge is 2.26. The normalized spacial score (nSPS) is 15.3. The fourth-order valence-corrected chi connectivity index (χ4v) is 4.99. The number of aryl methyl sites for hydroxylation is 3. The molecule has 0 saturated heterocycles. The molecule has 0 spiro atoms. The number of carbonyl (C=O) groups is 1. The van der Waals surface area contributed by atoms with E-state index in [-0.39, 0.29) is 11.9 Å². The summed E-state index contributed by atoms with van der Waals surface area (Å²) >= 11 is 1.67. The van der Waals surface area contributed by atoms with E-state index in [1.165, 1.54) is 16.0 Å². The molecule has 1 amide bonds. The van der Waals surface area contributed by atoms with Crippen LogP contribution in [0.5, 0.6) is 0 Å². The van der Waals surface area contributed by atoms with Crippen LogP contribution in [0.1, 0.15) is 68.7 Å². The molecule has 0 saturated carbocycles. The van der Waals surface area contributed by atoms with Gasteiger partial charge < -0.3 is 14.8 Å². The summed E-state index contributed by atoms with van der Waals surface area (Å²) < 4.78 is 5.29. The third kappa shape index (κ3) is 4.00. The van der Waals surface area contributed by atoms with Gasteiger partial charge in [-0.3, -0.25) is 9.69 Å². The van der Waals surface area contributed by atoms with Gasteiger partial charge in [-0.05, 0) is 39.2 Å². The second kappa shape index (κ2) is 8.12. The van der Waals surface area contributed by atoms with Gasteiger partial charge in [0.05, 0.1) is 17.3 Å². The maximum atomic E-state index is 13.0. The minimum Gasteiger partial charge on any atom is -0.361 e. The fraction of sp³-hybridized carbons (Fsp3) is 0.476. The molecule has 3 aromatic rings. The zero-order chi connectivity index (χ0) is 20.5. The molecule has 8 heteroatoms. The van der Waals surface area contributed by atoms with E-state index in [4.69, 9.17) is 4.52 Å². The lowest BCUT2D eigenvalue weighted by molar-refractivity contribution is 0.0932. The van der Waals surface area contributed by atoms with Crippen LogP contribution >= 0.6 is 11.3 Å². The summed E-state index contributed by atoms with van der Waals surface area (Å²) in [4.78, 5) is 24.3. The molecule has 1 unspecified atom stereocenters. The summed E-state index contributed by atoms with van der Waals surface area (Å²) in [6.45, 7) is 10.6. The molecule has 29 heavy (non-hydrogen) atoms. The number of nitrogens with one attached hydrogen (secondary N) is 2. The smallest absolute Gasteiger partial charge is 0.253 e. The Kier molecular flexibility index (Phi) is 5.56. The van der Waals surface area contributed by atoms with Crippen molar-refractivity contribution in [3.05, 3.63) is 56.1 Å². The lowest BCUT2D eigenvalue weighted by Gasteiger charge is -2.27. The Bertz CT molecular complexity index is 999. The molecule has 0 bridgehead atoms. The summed E-state index contributed by atoms with van der Waals surface area (Å²) in [5.74, 6) is 1.69. The Hall–Kier alpha value is -2.45. The minimum absolute atomic E-state index is 0.0115. The summed E-state index contributed by atoms with van der Waals surface area (Å²) in [5.41, 5.74) is 5.12. The van der Waals surface area contributed by atoms with E-state index in [2.05, 4.69) is 32.3 Å². The van der Waals surface area contributed by atoms with Crippen molar-refractivity contribution in [2.45, 2.75) is 59.7 Å². The molecule has 1 atom stereocenters. The first kappa shape index (κ1) is 19.8. The van der Waals surface area contributed by atoms with Crippen LogP contribution in [-0.4, -0.2) is 32.5 Å². The van der Waals surface area contributed by atoms with E-state index >= 15 is 0 Å². The Morgan fingerprint density at radius 1 is 1.41 bits per heavy atom. The van der Waals surface area contributed by atoms with Crippen LogP contribution in [0.3, 0.4) is 0 Å². The summed E-state index contributed by atoms with van der Waals surface area (Å²) in [5, 5.41) is 9.21. The number of hydrogen-bond donors (Lipinski definition) is 2. The number of fused-ring (bicyclic) bond motifs is 1. The van der Waals surface area contributed by atoms with Crippen LogP contribution in [0.2, 0.25) is 0 Å². The second-order valence-electron chi connectivity index (χ2n) is 7.70. The van der Waals surface area contributed by atoms with Crippen molar-refractivity contribution < 1.29 is 9.32 Å². The molecule has 1 aliphatic rings.